The van der Waals surface area contributed by atoms with E-state index in [1.165, 1.54) is 22.9 Å². The van der Waals surface area contributed by atoms with Gasteiger partial charge in [0.05, 0.1) is 6.61 Å². The number of phenolic OH excluding ortho intramolecular Hbond substituents is 2. The number of halogens is 5. The summed E-state index contributed by atoms with van der Waals surface area (Å²) < 4.78 is 67.8. The monoisotopic (exact) mass is 592 g/mol. The Morgan fingerprint density at radius 2 is 1.59 bits per heavy atom. The molecule has 0 aromatic heterocycles. The summed E-state index contributed by atoms with van der Waals surface area (Å²) in [6.45, 7) is 3.33. The fourth-order valence-electron chi connectivity index (χ4n) is 4.97. The molecule has 10 heteroatoms. The Hall–Kier alpha value is -1.65. The van der Waals surface area contributed by atoms with E-state index in [4.69, 9.17) is 4.74 Å². The molecule has 1 aliphatic rings. The normalized spacial score (nSPS) is 19.7. The van der Waals surface area contributed by atoms with Gasteiger partial charge in [0.2, 0.25) is 0 Å². The van der Waals surface area contributed by atoms with Crippen LogP contribution in [-0.2, 0) is 10.2 Å². The fraction of sp³-hybridized carbons (Fsp3) is 0.586. The lowest BCUT2D eigenvalue weighted by molar-refractivity contribution is -0.284. The molecular formula is C29H37F5O3S2. The number of ether oxygens (including phenoxy) is 1. The van der Waals surface area contributed by atoms with Gasteiger partial charge >= 0.3 is 12.1 Å². The first-order valence-corrected chi connectivity index (χ1v) is 15.4. The summed E-state index contributed by atoms with van der Waals surface area (Å²) in [6, 6.07) is 13.1. The molecule has 0 radical (unpaired) electrons. The van der Waals surface area contributed by atoms with Crippen LogP contribution in [-0.4, -0.2) is 52.8 Å². The number of fused-ring (bicyclic) bond motifs is 1. The zero-order chi connectivity index (χ0) is 28.5. The molecule has 218 valence electrons. The number of hydrogen-bond acceptors (Lipinski definition) is 5. The van der Waals surface area contributed by atoms with Crippen molar-refractivity contribution in [1.29, 1.82) is 0 Å². The Labute approximate surface area is 235 Å². The van der Waals surface area contributed by atoms with Crippen molar-refractivity contribution in [3.8, 4) is 11.5 Å². The predicted molar refractivity (Wildman–Crippen MR) is 148 cm³/mol. The van der Waals surface area contributed by atoms with Gasteiger partial charge in [0, 0.05) is 34.8 Å². The van der Waals surface area contributed by atoms with Crippen LogP contribution in [0.3, 0.4) is 0 Å². The van der Waals surface area contributed by atoms with Gasteiger partial charge in [0.25, 0.3) is 0 Å². The van der Waals surface area contributed by atoms with Gasteiger partial charge in [-0.1, -0.05) is 44.4 Å². The van der Waals surface area contributed by atoms with Gasteiger partial charge < -0.3 is 14.9 Å². The molecule has 2 unspecified atom stereocenters. The average molecular weight is 593 g/mol. The van der Waals surface area contributed by atoms with E-state index >= 15 is 0 Å². The van der Waals surface area contributed by atoms with Crippen LogP contribution in [0.4, 0.5) is 22.0 Å². The molecular weight excluding hydrogens is 555 g/mol. The van der Waals surface area contributed by atoms with Crippen molar-refractivity contribution in [2.24, 2.45) is 0 Å². The summed E-state index contributed by atoms with van der Waals surface area (Å²) in [5, 5.41) is 19.7. The molecule has 0 amide bonds. The molecule has 0 saturated heterocycles. The van der Waals surface area contributed by atoms with Crippen molar-refractivity contribution in [2.75, 3.05) is 30.5 Å². The first-order valence-electron chi connectivity index (χ1n) is 13.3. The average Bonchev–Trinajstić information content (AvgIpc) is 2.87. The predicted octanol–water partition coefficient (Wildman–Crippen LogP) is 8.92. The number of thioether (sulfide) groups is 2. The second kappa shape index (κ2) is 14.3. The van der Waals surface area contributed by atoms with Crippen molar-refractivity contribution >= 4 is 23.5 Å². The van der Waals surface area contributed by atoms with Gasteiger partial charge in [-0.3, -0.25) is 0 Å². The minimum absolute atomic E-state index is 0.105. The molecule has 3 nitrogen and oxygen atoms in total. The third-order valence-corrected chi connectivity index (χ3v) is 9.73. The Morgan fingerprint density at radius 1 is 0.897 bits per heavy atom. The summed E-state index contributed by atoms with van der Waals surface area (Å²) in [4.78, 5) is 1.12. The molecule has 2 atom stereocenters. The van der Waals surface area contributed by atoms with Crippen LogP contribution >= 0.6 is 23.5 Å². The fourth-order valence-corrected chi connectivity index (χ4v) is 7.17. The molecule has 39 heavy (non-hydrogen) atoms. The van der Waals surface area contributed by atoms with E-state index in [2.05, 4.69) is 6.92 Å². The Morgan fingerprint density at radius 3 is 2.31 bits per heavy atom. The number of rotatable bonds is 15. The third-order valence-electron chi connectivity index (χ3n) is 7.29. The molecule has 2 aromatic rings. The molecule has 0 bridgehead atoms. The Balaban J connectivity index is 1.36. The largest absolute Gasteiger partial charge is 0.508 e. The van der Waals surface area contributed by atoms with Crippen molar-refractivity contribution in [2.45, 2.75) is 80.2 Å². The maximum atomic E-state index is 12.9. The summed E-state index contributed by atoms with van der Waals surface area (Å²) in [5.41, 5.74) is 2.34. The smallest absolute Gasteiger partial charge is 0.453 e. The standard InChI is InChI=1S/C29H37F5O3S2/c1-27(21-8-10-22(35)11-9-21)20-39-26-19-23(36)12-13-24(26)25(27)7-4-2-3-5-15-37-16-18-38-17-6-14-28(30,31)29(32,33)34/h8-13,19,25,35-36H,2-7,14-18,20H2,1H3. The molecule has 2 aromatic carbocycles. The van der Waals surface area contributed by atoms with Crippen LogP contribution in [0, 0.1) is 0 Å². The lowest BCUT2D eigenvalue weighted by atomic mass is 9.68. The lowest BCUT2D eigenvalue weighted by Gasteiger charge is -2.43. The molecule has 0 fully saturated rings. The molecule has 1 heterocycles. The topological polar surface area (TPSA) is 49.7 Å². The molecule has 3 rings (SSSR count). The molecule has 0 spiro atoms. The van der Waals surface area contributed by atoms with Gasteiger partial charge in [-0.15, -0.1) is 11.8 Å². The van der Waals surface area contributed by atoms with Crippen molar-refractivity contribution in [3.05, 3.63) is 53.6 Å². The zero-order valence-corrected chi connectivity index (χ0v) is 23.7. The van der Waals surface area contributed by atoms with E-state index in [9.17, 15) is 32.2 Å². The van der Waals surface area contributed by atoms with E-state index in [1.807, 2.05) is 24.3 Å². The van der Waals surface area contributed by atoms with Gasteiger partial charge in [-0.05, 0) is 66.3 Å². The highest BCUT2D eigenvalue weighted by atomic mass is 32.2. The second-order valence-corrected chi connectivity index (χ2v) is 12.5. The number of benzene rings is 2. The van der Waals surface area contributed by atoms with E-state index in [1.54, 1.807) is 30.0 Å². The van der Waals surface area contributed by atoms with Crippen molar-refractivity contribution in [3.63, 3.8) is 0 Å². The van der Waals surface area contributed by atoms with Gasteiger partial charge in [-0.2, -0.15) is 33.7 Å². The van der Waals surface area contributed by atoms with Crippen LogP contribution in [0.5, 0.6) is 11.5 Å². The zero-order valence-electron chi connectivity index (χ0n) is 22.1. The minimum atomic E-state index is -5.48. The molecule has 1 aliphatic heterocycles. The van der Waals surface area contributed by atoms with Gasteiger partial charge in [-0.25, -0.2) is 0 Å². The number of unbranched alkanes of at least 4 members (excludes halogenated alkanes) is 3. The van der Waals surface area contributed by atoms with Crippen molar-refractivity contribution in [1.82, 2.24) is 0 Å². The van der Waals surface area contributed by atoms with Crippen LogP contribution < -0.4 is 0 Å². The summed E-state index contributed by atoms with van der Waals surface area (Å²) in [5.74, 6) is -2.11. The van der Waals surface area contributed by atoms with E-state index in [-0.39, 0.29) is 35.0 Å². The maximum absolute atomic E-state index is 12.9. The summed E-state index contributed by atoms with van der Waals surface area (Å²) in [7, 11) is 0. The Bertz CT molecular complexity index is 1030. The quantitative estimate of drug-likeness (QED) is 0.160. The highest BCUT2D eigenvalue weighted by Crippen LogP contribution is 2.52. The van der Waals surface area contributed by atoms with Crippen LogP contribution in [0.2, 0.25) is 0 Å². The maximum Gasteiger partial charge on any atom is 0.453 e. The highest BCUT2D eigenvalue weighted by Gasteiger charge is 2.56. The van der Waals surface area contributed by atoms with Crippen LogP contribution in [0.25, 0.3) is 0 Å². The van der Waals surface area contributed by atoms with Crippen LogP contribution in [0.1, 0.15) is 68.9 Å². The molecule has 0 saturated carbocycles. The number of alkyl halides is 5. The van der Waals surface area contributed by atoms with E-state index in [0.717, 1.165) is 42.8 Å². The molecule has 0 aliphatic carbocycles. The molecule has 2 N–H and O–H groups in total. The third kappa shape index (κ3) is 8.92. The van der Waals surface area contributed by atoms with Gasteiger partial charge in [0.15, 0.2) is 0 Å². The number of hydrogen-bond donors (Lipinski definition) is 2. The van der Waals surface area contributed by atoms with Gasteiger partial charge in [0.1, 0.15) is 11.5 Å². The lowest BCUT2D eigenvalue weighted by Crippen LogP contribution is -2.36. The minimum Gasteiger partial charge on any atom is -0.508 e. The summed E-state index contributed by atoms with van der Waals surface area (Å²) >= 11 is 3.09. The van der Waals surface area contributed by atoms with Crippen molar-refractivity contribution < 1.29 is 36.9 Å². The van der Waals surface area contributed by atoms with E-state index < -0.39 is 18.5 Å². The SMILES string of the molecule is CC1(c2ccc(O)cc2)CSc2cc(O)ccc2C1CCCCCCOCCSCCCC(F)(F)C(F)(F)F. The highest BCUT2D eigenvalue weighted by molar-refractivity contribution is 7.99. The first-order chi connectivity index (χ1) is 18.4. The summed E-state index contributed by atoms with van der Waals surface area (Å²) in [6.07, 6.45) is -1.82. The van der Waals surface area contributed by atoms with E-state index in [0.29, 0.717) is 19.0 Å². The first kappa shape index (κ1) is 31.9. The number of aromatic hydroxyl groups is 2. The van der Waals surface area contributed by atoms with Crippen LogP contribution in [0.15, 0.2) is 47.4 Å². The number of phenols is 2. The Kier molecular flexibility index (Phi) is 11.7. The second-order valence-electron chi connectivity index (χ2n) is 10.3.